The van der Waals surface area contributed by atoms with Crippen molar-refractivity contribution >= 4 is 35.2 Å². The molecule has 2 heteroatoms. The van der Waals surface area contributed by atoms with Crippen molar-refractivity contribution in [2.75, 3.05) is 0 Å². The fourth-order valence-corrected chi connectivity index (χ4v) is 3.28. The monoisotopic (exact) mass is 357 g/mol. The third-order valence-electron chi connectivity index (χ3n) is 4.88. The zero-order valence-corrected chi connectivity index (χ0v) is 15.9. The summed E-state index contributed by atoms with van der Waals surface area (Å²) in [7, 11) is 0. The maximum Gasteiger partial charge on any atom is 0.0739 e. The number of hydrogen-bond donors (Lipinski definition) is 0. The number of hydrogen-bond acceptors (Lipinski definition) is 2. The van der Waals surface area contributed by atoms with Gasteiger partial charge in [0.1, 0.15) is 0 Å². The molecule has 0 radical (unpaired) electrons. The van der Waals surface area contributed by atoms with E-state index in [4.69, 9.17) is 0 Å². The van der Waals surface area contributed by atoms with Gasteiger partial charge >= 0.3 is 0 Å². The van der Waals surface area contributed by atoms with E-state index in [9.17, 15) is 0 Å². The topological polar surface area (TPSA) is 12.4 Å². The Morgan fingerprint density at radius 1 is 0.885 bits per heavy atom. The largest absolute Gasteiger partial charge is 0.195 e. The van der Waals surface area contributed by atoms with Gasteiger partial charge in [-0.2, -0.15) is 4.99 Å². The molecular formula is C24H23NS. The maximum absolute atomic E-state index is 4.61. The minimum Gasteiger partial charge on any atom is -0.195 e. The molecule has 26 heavy (non-hydrogen) atoms. The molecular weight excluding hydrogens is 334 g/mol. The predicted octanol–water partition coefficient (Wildman–Crippen LogP) is 6.77. The number of rotatable bonds is 3. The van der Waals surface area contributed by atoms with Gasteiger partial charge in [-0.05, 0) is 79.2 Å². The normalized spacial score (nSPS) is 19.4. The van der Waals surface area contributed by atoms with Gasteiger partial charge in [0.05, 0.1) is 10.8 Å². The summed E-state index contributed by atoms with van der Waals surface area (Å²) in [5, 5.41) is 2.38. The van der Waals surface area contributed by atoms with Crippen molar-refractivity contribution < 1.29 is 0 Å². The zero-order chi connectivity index (χ0) is 18.2. The Hall–Kier alpha value is -2.46. The summed E-state index contributed by atoms with van der Waals surface area (Å²) in [6, 6.07) is 16.4. The van der Waals surface area contributed by atoms with Crippen molar-refractivity contribution in [1.29, 1.82) is 0 Å². The van der Waals surface area contributed by atoms with E-state index in [0.717, 1.165) is 22.7 Å². The molecule has 0 saturated heterocycles. The van der Waals surface area contributed by atoms with E-state index in [2.05, 4.69) is 77.6 Å². The van der Waals surface area contributed by atoms with Crippen LogP contribution < -0.4 is 0 Å². The summed E-state index contributed by atoms with van der Waals surface area (Å²) in [4.78, 5) is 3.96. The molecule has 0 unspecified atom stereocenters. The molecule has 1 aliphatic carbocycles. The highest BCUT2D eigenvalue weighted by Crippen LogP contribution is 2.27. The average molecular weight is 358 g/mol. The highest BCUT2D eigenvalue weighted by atomic mass is 32.1. The fourth-order valence-electron chi connectivity index (χ4n) is 3.17. The number of nitrogens with zero attached hydrogens (tertiary/aromatic N) is 1. The quantitative estimate of drug-likeness (QED) is 0.255. The summed E-state index contributed by atoms with van der Waals surface area (Å²) >= 11 is 4.61. The zero-order valence-electron chi connectivity index (χ0n) is 15.1. The van der Waals surface area contributed by atoms with Gasteiger partial charge in [-0.15, -0.1) is 0 Å². The van der Waals surface area contributed by atoms with Crippen molar-refractivity contribution in [3.63, 3.8) is 0 Å². The Labute approximate surface area is 161 Å². The summed E-state index contributed by atoms with van der Waals surface area (Å²) in [5.74, 6) is 8.27. The van der Waals surface area contributed by atoms with Crippen molar-refractivity contribution in [1.82, 2.24) is 0 Å². The molecule has 0 aliphatic heterocycles. The van der Waals surface area contributed by atoms with E-state index < -0.39 is 0 Å². The lowest BCUT2D eigenvalue weighted by Gasteiger charge is -2.21. The van der Waals surface area contributed by atoms with E-state index in [1.165, 1.54) is 31.2 Å². The Balaban J connectivity index is 1.60. The Morgan fingerprint density at radius 2 is 1.46 bits per heavy atom. The van der Waals surface area contributed by atoms with E-state index >= 15 is 0 Å². The van der Waals surface area contributed by atoms with Crippen LogP contribution in [0, 0.1) is 23.7 Å². The molecule has 1 fully saturated rings. The molecule has 0 atom stereocenters. The minimum absolute atomic E-state index is 0.580. The Morgan fingerprint density at radius 3 is 2.04 bits per heavy atom. The Bertz CT molecular complexity index is 851. The van der Waals surface area contributed by atoms with Crippen LogP contribution in [0.25, 0.3) is 12.2 Å². The lowest BCUT2D eigenvalue weighted by atomic mass is 9.83. The molecule has 0 amide bonds. The van der Waals surface area contributed by atoms with Crippen LogP contribution in [0.2, 0.25) is 0 Å². The van der Waals surface area contributed by atoms with Gasteiger partial charge in [-0.25, -0.2) is 0 Å². The van der Waals surface area contributed by atoms with Crippen LogP contribution in [0.15, 0.2) is 53.5 Å². The number of benzene rings is 2. The average Bonchev–Trinajstić information content (AvgIpc) is 2.68. The van der Waals surface area contributed by atoms with Gasteiger partial charge in [0, 0.05) is 11.5 Å². The molecule has 3 rings (SSSR count). The molecule has 0 aromatic heterocycles. The molecule has 1 saturated carbocycles. The molecule has 0 N–H and O–H groups in total. The second-order valence-electron chi connectivity index (χ2n) is 6.98. The molecule has 1 aliphatic rings. The first-order chi connectivity index (χ1) is 12.7. The minimum atomic E-state index is 0.580. The SMILES string of the molecule is CC1CCC(C#Cc2ccc(/C=C/c3ccc(N=C=S)cc3)cc2)CC1. The lowest BCUT2D eigenvalue weighted by molar-refractivity contribution is 0.337. The highest BCUT2D eigenvalue weighted by molar-refractivity contribution is 7.78. The van der Waals surface area contributed by atoms with E-state index in [1.807, 2.05) is 24.3 Å². The molecule has 130 valence electrons. The van der Waals surface area contributed by atoms with Crippen molar-refractivity contribution in [3.05, 3.63) is 65.2 Å². The number of thiocarbonyl (C=S) groups is 1. The van der Waals surface area contributed by atoms with Crippen LogP contribution in [-0.2, 0) is 0 Å². The molecule has 0 spiro atoms. The summed E-state index contributed by atoms with van der Waals surface area (Å²) in [6.07, 6.45) is 9.35. The van der Waals surface area contributed by atoms with Gasteiger partial charge in [0.25, 0.3) is 0 Å². The van der Waals surface area contributed by atoms with Crippen LogP contribution in [0.1, 0.15) is 49.3 Å². The fraction of sp³-hybridized carbons (Fsp3) is 0.292. The smallest absolute Gasteiger partial charge is 0.0739 e. The van der Waals surface area contributed by atoms with Crippen molar-refractivity contribution in [2.24, 2.45) is 16.8 Å². The lowest BCUT2D eigenvalue weighted by Crippen LogP contribution is -2.10. The number of isothiocyanates is 1. The third-order valence-corrected chi connectivity index (χ3v) is 4.97. The Kier molecular flexibility index (Phi) is 6.56. The first kappa shape index (κ1) is 18.3. The summed E-state index contributed by atoms with van der Waals surface area (Å²) in [6.45, 7) is 2.35. The summed E-state index contributed by atoms with van der Waals surface area (Å²) in [5.41, 5.74) is 4.22. The summed E-state index contributed by atoms with van der Waals surface area (Å²) < 4.78 is 0. The first-order valence-electron chi connectivity index (χ1n) is 9.20. The standard InChI is InChI=1S/C24H23NS/c1-19-2-4-20(5-3-19)6-7-21-8-10-22(11-9-21)12-13-23-14-16-24(17-15-23)25-18-26/h8-17,19-20H,2-5H2,1H3/b13-12+. The van der Waals surface area contributed by atoms with Gasteiger partial charge < -0.3 is 0 Å². The molecule has 2 aromatic carbocycles. The van der Waals surface area contributed by atoms with Crippen molar-refractivity contribution in [2.45, 2.75) is 32.6 Å². The van der Waals surface area contributed by atoms with Gasteiger partial charge in [-0.3, -0.25) is 0 Å². The second-order valence-corrected chi connectivity index (χ2v) is 7.16. The third kappa shape index (κ3) is 5.53. The van der Waals surface area contributed by atoms with E-state index in [0.29, 0.717) is 5.92 Å². The second kappa shape index (κ2) is 9.30. The van der Waals surface area contributed by atoms with E-state index in [-0.39, 0.29) is 0 Å². The van der Waals surface area contributed by atoms with Crippen LogP contribution in [0.4, 0.5) is 5.69 Å². The maximum atomic E-state index is 4.61. The van der Waals surface area contributed by atoms with Crippen LogP contribution in [0.5, 0.6) is 0 Å². The van der Waals surface area contributed by atoms with Gasteiger partial charge in [0.15, 0.2) is 0 Å². The molecule has 1 nitrogen and oxygen atoms in total. The van der Waals surface area contributed by atoms with Crippen molar-refractivity contribution in [3.8, 4) is 11.8 Å². The molecule has 2 aromatic rings. The van der Waals surface area contributed by atoms with Crippen LogP contribution >= 0.6 is 12.2 Å². The number of aliphatic imine (C=N–C) groups is 1. The highest BCUT2D eigenvalue weighted by Gasteiger charge is 2.15. The van der Waals surface area contributed by atoms with Crippen LogP contribution in [0.3, 0.4) is 0 Å². The first-order valence-corrected chi connectivity index (χ1v) is 9.61. The molecule has 0 bridgehead atoms. The van der Waals surface area contributed by atoms with Gasteiger partial charge in [-0.1, -0.05) is 55.2 Å². The van der Waals surface area contributed by atoms with E-state index in [1.54, 1.807) is 0 Å². The van der Waals surface area contributed by atoms with Gasteiger partial charge in [0.2, 0.25) is 0 Å². The predicted molar refractivity (Wildman–Crippen MR) is 114 cm³/mol. The van der Waals surface area contributed by atoms with Crippen LogP contribution in [-0.4, -0.2) is 5.16 Å². The molecule has 0 heterocycles.